The Kier molecular flexibility index (Phi) is 7.71. The summed E-state index contributed by atoms with van der Waals surface area (Å²) in [5, 5.41) is 0. The van der Waals surface area contributed by atoms with Crippen molar-refractivity contribution in [1.82, 2.24) is 9.55 Å². The smallest absolute Gasteiger partial charge is 0.351 e. The average Bonchev–Trinajstić information content (AvgIpc) is 3.09. The average molecular weight is 505 g/mol. The van der Waals surface area contributed by atoms with Gasteiger partial charge in [0.2, 0.25) is 0 Å². The predicted molar refractivity (Wildman–Crippen MR) is 131 cm³/mol. The zero-order chi connectivity index (χ0) is 24.7. The van der Waals surface area contributed by atoms with Crippen molar-refractivity contribution in [1.29, 1.82) is 0 Å². The lowest BCUT2D eigenvalue weighted by molar-refractivity contribution is -0.0565. The fourth-order valence-corrected chi connectivity index (χ4v) is 16.3. The molecule has 0 radical (unpaired) electrons. The molecule has 9 nitrogen and oxygen atoms in total. The van der Waals surface area contributed by atoms with E-state index in [1.165, 1.54) is 10.8 Å². The first kappa shape index (κ1) is 26.2. The summed E-state index contributed by atoms with van der Waals surface area (Å²) in [6.45, 7) is 17.7. The zero-order valence-electron chi connectivity index (χ0n) is 21.0. The van der Waals surface area contributed by atoms with Crippen molar-refractivity contribution in [3.05, 3.63) is 22.2 Å². The molecule has 2 aliphatic heterocycles. The third-order valence-electron chi connectivity index (χ3n) is 6.98. The normalized spacial score (nSPS) is 27.1. The van der Waals surface area contributed by atoms with Crippen LogP contribution >= 0.6 is 0 Å². The molecular weight excluding hydrogens is 465 g/mol. The van der Waals surface area contributed by atoms with E-state index in [1.807, 2.05) is 0 Å². The van der Waals surface area contributed by atoms with Gasteiger partial charge >= 0.3 is 22.8 Å². The van der Waals surface area contributed by atoms with E-state index in [-0.39, 0.29) is 45.8 Å². The summed E-state index contributed by atoms with van der Waals surface area (Å²) in [6.07, 6.45) is 1.17. The summed E-state index contributed by atoms with van der Waals surface area (Å²) < 4.78 is 28.5. The molecule has 2 N–H and O–H groups in total. The Labute approximate surface area is 198 Å². The van der Waals surface area contributed by atoms with E-state index in [0.29, 0.717) is 19.3 Å². The highest BCUT2D eigenvalue weighted by molar-refractivity contribution is 6.83. The van der Waals surface area contributed by atoms with E-state index in [1.54, 1.807) is 0 Å². The minimum absolute atomic E-state index is 0.0843. The molecule has 0 amide bonds. The molecule has 3 heterocycles. The van der Waals surface area contributed by atoms with Crippen molar-refractivity contribution in [3.8, 4) is 0 Å². The van der Waals surface area contributed by atoms with Gasteiger partial charge in [0.1, 0.15) is 18.1 Å². The van der Waals surface area contributed by atoms with Crippen LogP contribution in [0, 0.1) is 0 Å². The van der Waals surface area contributed by atoms with Gasteiger partial charge in [-0.25, -0.2) is 4.79 Å². The molecule has 11 heteroatoms. The zero-order valence-corrected chi connectivity index (χ0v) is 23.0. The maximum Gasteiger partial charge on any atom is 0.351 e. The molecule has 2 saturated heterocycles. The van der Waals surface area contributed by atoms with Crippen LogP contribution < -0.4 is 11.4 Å². The van der Waals surface area contributed by atoms with Crippen LogP contribution in [0.3, 0.4) is 0 Å². The van der Waals surface area contributed by atoms with Gasteiger partial charge in [-0.3, -0.25) is 9.36 Å². The van der Waals surface area contributed by atoms with Gasteiger partial charge in [0, 0.05) is 12.6 Å². The van der Waals surface area contributed by atoms with Crippen molar-refractivity contribution >= 4 is 29.2 Å². The second kappa shape index (κ2) is 9.70. The standard InChI is InChI=1S/C22H39N3O6Si2/c1-13(2)32(14(3)4)28-12-19-18(30-33(31-32,15(5)6)16(7)8)9-20(29-19)25-10-17(11-26)21(23)24-22(25)27/h10-11,13-16,18-20H,9,12H2,1-8H3,(H2,23,24,27)/t18-,19+,20+/m0/s1/i9+1,12+1,18+1,19+1,20+1,24+1,25+1. The summed E-state index contributed by atoms with van der Waals surface area (Å²) >= 11 is 0. The lowest BCUT2D eigenvalue weighted by Gasteiger charge is -2.51. The second-order valence-electron chi connectivity index (χ2n) is 10.4. The molecule has 1 aromatic heterocycles. The molecule has 1 aromatic rings. The number of fused-ring (bicyclic) bond motifs is 1. The van der Waals surface area contributed by atoms with Gasteiger partial charge in [0.05, 0.1) is 18.3 Å². The van der Waals surface area contributed by atoms with Gasteiger partial charge < -0.3 is 23.4 Å². The number of nitrogens with zero attached hydrogens (tertiary/aromatic N) is 2. The number of aldehydes is 1. The number of carbonyl (C=O) groups is 1. The van der Waals surface area contributed by atoms with E-state index in [9.17, 15) is 9.59 Å². The van der Waals surface area contributed by atoms with Crippen LogP contribution in [0.2, 0.25) is 22.2 Å². The molecule has 33 heavy (non-hydrogen) atoms. The maximum absolute atomic E-state index is 12.6. The first-order valence-corrected chi connectivity index (χ1v) is 15.8. The molecule has 2 fully saturated rings. The van der Waals surface area contributed by atoms with Gasteiger partial charge in [0.25, 0.3) is 0 Å². The number of aromatic nitrogens is 2. The lowest BCUT2D eigenvalue weighted by atomic mass is 10.4. The first-order valence-electron chi connectivity index (χ1n) is 11.9. The molecule has 0 bridgehead atoms. The third kappa shape index (κ3) is 4.63. The van der Waals surface area contributed by atoms with Crippen LogP contribution in [0.25, 0.3) is 0 Å². The maximum atomic E-state index is 12.6. The van der Waals surface area contributed by atoms with E-state index in [0.717, 1.165) is 0 Å². The van der Waals surface area contributed by atoms with E-state index < -0.39 is 29.0 Å². The highest BCUT2D eigenvalue weighted by Gasteiger charge is 2.60. The van der Waals surface area contributed by atoms with Crippen LogP contribution in [0.5, 0.6) is 0 Å². The number of hydrogen-bond acceptors (Lipinski definition) is 8. The monoisotopic (exact) mass is 504 g/mol. The molecule has 0 saturated carbocycles. The van der Waals surface area contributed by atoms with Gasteiger partial charge in [-0.2, -0.15) is 4.98 Å². The van der Waals surface area contributed by atoms with Crippen LogP contribution in [0.15, 0.2) is 11.0 Å². The molecule has 0 spiro atoms. The summed E-state index contributed by atoms with van der Waals surface area (Å²) in [4.78, 5) is 27.7. The molecule has 3 rings (SSSR count). The Morgan fingerprint density at radius 3 is 2.12 bits per heavy atom. The fraction of sp³-hybridized carbons (Fsp3) is 0.773. The fourth-order valence-electron chi connectivity index (χ4n) is 5.10. The van der Waals surface area contributed by atoms with Crippen LogP contribution in [0.1, 0.15) is 78.4 Å². The molecule has 0 aliphatic carbocycles. The Hall–Kier alpha value is -1.38. The van der Waals surface area contributed by atoms with Crippen molar-refractivity contribution < 1.29 is 22.5 Å². The molecule has 2 aliphatic rings. The molecule has 186 valence electrons. The van der Waals surface area contributed by atoms with Crippen molar-refractivity contribution in [3.63, 3.8) is 0 Å². The minimum Gasteiger partial charge on any atom is -0.414 e. The van der Waals surface area contributed by atoms with Crippen molar-refractivity contribution in [2.75, 3.05) is 12.3 Å². The third-order valence-corrected chi connectivity index (χ3v) is 17.3. The van der Waals surface area contributed by atoms with Gasteiger partial charge in [-0.15, -0.1) is 0 Å². The minimum atomic E-state index is -2.76. The largest absolute Gasteiger partial charge is 0.414 e. The predicted octanol–water partition coefficient (Wildman–Crippen LogP) is 3.88. The Balaban J connectivity index is 2.04. The topological polar surface area (TPSA) is 115 Å². The number of rotatable bonds is 6. The number of nitrogen functional groups attached to an aromatic ring is 1. The summed E-state index contributed by atoms with van der Waals surface area (Å²) in [7, 11) is -5.42. The number of hydrogen-bond donors (Lipinski definition) is 1. The van der Waals surface area contributed by atoms with E-state index in [4.69, 9.17) is 23.4 Å². The van der Waals surface area contributed by atoms with Crippen molar-refractivity contribution in [2.45, 2.75) is 102 Å². The number of carbonyl (C=O) groups excluding carboxylic acids is 1. The van der Waals surface area contributed by atoms with Crippen LogP contribution in [-0.4, -0.2) is 51.8 Å². The molecule has 0 unspecified atom stereocenters. The van der Waals surface area contributed by atoms with Gasteiger partial charge in [0.15, 0.2) is 6.29 Å². The van der Waals surface area contributed by atoms with Crippen LogP contribution in [-0.2, 0) is 17.7 Å². The number of anilines is 1. The molecular formula is C22H39N3O6Si2. The Morgan fingerprint density at radius 2 is 1.61 bits per heavy atom. The number of ether oxygens (including phenoxy) is 1. The SMILES string of the molecule is CC(C)[Si]1(C(C)C)O[13CH2][13C@H]2O[13C@@H]([15n]3cc(C=O)c(N)[15n]c3=O)[13CH2][13C@@H]2O[Si](C(C)C)(C(C)C)O1. The summed E-state index contributed by atoms with van der Waals surface area (Å²) in [5.41, 5.74) is 6.17. The molecule has 0 aromatic carbocycles. The van der Waals surface area contributed by atoms with Crippen molar-refractivity contribution in [2.24, 2.45) is 0 Å². The highest BCUT2D eigenvalue weighted by atomic mass is 28.5. The van der Waals surface area contributed by atoms with E-state index in [2.05, 4.69) is 60.4 Å². The quantitative estimate of drug-likeness (QED) is 0.353. The highest BCUT2D eigenvalue weighted by Crippen LogP contribution is 2.48. The Morgan fingerprint density at radius 1 is 1.03 bits per heavy atom. The second-order valence-corrected chi connectivity index (χ2v) is 19.2. The first-order chi connectivity index (χ1) is 15.4. The van der Waals surface area contributed by atoms with Crippen LogP contribution in [0.4, 0.5) is 5.82 Å². The lowest BCUT2D eigenvalue weighted by Crippen LogP contribution is -2.65. The van der Waals surface area contributed by atoms with Gasteiger partial charge in [-0.05, 0) is 22.2 Å². The molecule has 3 atom stereocenters. The number of nitrogens with two attached hydrogens (primary N) is 1. The van der Waals surface area contributed by atoms with E-state index >= 15 is 0 Å². The summed E-state index contributed by atoms with van der Waals surface area (Å²) in [6, 6.07) is 0. The summed E-state index contributed by atoms with van der Waals surface area (Å²) in [5.74, 6) is -0.0843. The van der Waals surface area contributed by atoms with Gasteiger partial charge in [-0.1, -0.05) is 55.4 Å². The Bertz CT molecular complexity index is 904.